The average Bonchev–Trinajstić information content (AvgIpc) is 2.20. The van der Waals surface area contributed by atoms with Crippen LogP contribution in [-0.4, -0.2) is 18.0 Å². The van der Waals surface area contributed by atoms with E-state index in [9.17, 15) is 4.79 Å². The molecule has 0 spiro atoms. The highest BCUT2D eigenvalue weighted by Gasteiger charge is 2.14. The highest BCUT2D eigenvalue weighted by molar-refractivity contribution is 6.36. The molecule has 0 aliphatic carbocycles. The molecule has 18 heavy (non-hydrogen) atoms. The van der Waals surface area contributed by atoms with Gasteiger partial charge in [0, 0.05) is 22.1 Å². The van der Waals surface area contributed by atoms with E-state index in [1.165, 1.54) is 0 Å². The van der Waals surface area contributed by atoms with Gasteiger partial charge in [0.05, 0.1) is 6.42 Å². The van der Waals surface area contributed by atoms with Gasteiger partial charge in [0.1, 0.15) is 0 Å². The smallest absolute Gasteiger partial charge is 0.224 e. The van der Waals surface area contributed by atoms with Crippen molar-refractivity contribution in [3.05, 3.63) is 33.8 Å². The van der Waals surface area contributed by atoms with Gasteiger partial charge in [-0.1, -0.05) is 29.3 Å². The molecule has 3 N–H and O–H groups in total. The van der Waals surface area contributed by atoms with Crippen LogP contribution in [0, 0.1) is 0 Å². The van der Waals surface area contributed by atoms with Crippen molar-refractivity contribution in [3.63, 3.8) is 0 Å². The molecule has 0 saturated heterocycles. The van der Waals surface area contributed by atoms with E-state index in [1.54, 1.807) is 18.2 Å². The summed E-state index contributed by atoms with van der Waals surface area (Å²) in [6.45, 7) is 4.10. The van der Waals surface area contributed by atoms with Gasteiger partial charge in [-0.25, -0.2) is 0 Å². The number of nitrogens with one attached hydrogen (secondary N) is 1. The number of hydrogen-bond acceptors (Lipinski definition) is 2. The van der Waals surface area contributed by atoms with Gasteiger partial charge in [0.2, 0.25) is 5.91 Å². The van der Waals surface area contributed by atoms with Crippen LogP contribution in [0.1, 0.15) is 19.4 Å². The quantitative estimate of drug-likeness (QED) is 0.898. The molecule has 1 amide bonds. The van der Waals surface area contributed by atoms with Crippen molar-refractivity contribution in [1.29, 1.82) is 0 Å². The molecule has 0 fully saturated rings. The molecule has 0 aliphatic heterocycles. The Morgan fingerprint density at radius 1 is 1.33 bits per heavy atom. The Hall–Kier alpha value is -0.480. The zero-order valence-corrected chi connectivity index (χ0v) is 12.6. The van der Waals surface area contributed by atoms with Gasteiger partial charge < -0.3 is 11.1 Å². The Labute approximate surface area is 123 Å². The summed E-state index contributed by atoms with van der Waals surface area (Å²) >= 11 is 11.9. The Balaban J connectivity index is 0.00000289. The van der Waals surface area contributed by atoms with Crippen LogP contribution in [-0.2, 0) is 11.2 Å². The zero-order chi connectivity index (χ0) is 13.1. The van der Waals surface area contributed by atoms with Crippen molar-refractivity contribution < 1.29 is 4.79 Å². The molecule has 0 aliphatic rings. The molecule has 0 unspecified atom stereocenters. The first kappa shape index (κ1) is 17.5. The fourth-order valence-corrected chi connectivity index (χ4v) is 1.78. The molecular weight excluding hydrogens is 295 g/mol. The fraction of sp³-hybridized carbons (Fsp3) is 0.417. The van der Waals surface area contributed by atoms with E-state index >= 15 is 0 Å². The Morgan fingerprint density at radius 2 is 1.83 bits per heavy atom. The number of carbonyl (C=O) groups excluding carboxylic acids is 1. The molecule has 1 aromatic carbocycles. The maximum atomic E-state index is 11.7. The molecule has 1 aromatic rings. The van der Waals surface area contributed by atoms with Crippen LogP contribution in [0.2, 0.25) is 10.0 Å². The number of halogens is 3. The highest BCUT2D eigenvalue weighted by Crippen LogP contribution is 2.24. The maximum absolute atomic E-state index is 11.7. The second-order valence-corrected chi connectivity index (χ2v) is 5.46. The van der Waals surface area contributed by atoms with Crippen molar-refractivity contribution in [2.75, 3.05) is 6.54 Å². The largest absolute Gasteiger partial charge is 0.354 e. The lowest BCUT2D eigenvalue weighted by Gasteiger charge is -2.19. The van der Waals surface area contributed by atoms with Crippen LogP contribution >= 0.6 is 35.6 Å². The second kappa shape index (κ2) is 7.19. The zero-order valence-electron chi connectivity index (χ0n) is 10.3. The van der Waals surface area contributed by atoms with Gasteiger partial charge in [0.15, 0.2) is 0 Å². The summed E-state index contributed by atoms with van der Waals surface area (Å²) in [5, 5.41) is 3.74. The Kier molecular flexibility index (Phi) is 7.00. The Morgan fingerprint density at radius 3 is 2.28 bits per heavy atom. The SMILES string of the molecule is CC(C)(N)CNC(=O)Cc1c(Cl)cccc1Cl.Cl. The molecule has 0 heterocycles. The summed E-state index contributed by atoms with van der Waals surface area (Å²) < 4.78 is 0. The number of hydrogen-bond donors (Lipinski definition) is 2. The topological polar surface area (TPSA) is 55.1 Å². The first-order valence-electron chi connectivity index (χ1n) is 5.28. The summed E-state index contributed by atoms with van der Waals surface area (Å²) in [6.07, 6.45) is 0.161. The molecular formula is C12H17Cl3N2O. The predicted octanol–water partition coefficient (Wildman–Crippen LogP) is 2.81. The van der Waals surface area contributed by atoms with E-state index in [0.717, 1.165) is 0 Å². The van der Waals surface area contributed by atoms with Crippen LogP contribution in [0.5, 0.6) is 0 Å². The molecule has 0 bridgehead atoms. The van der Waals surface area contributed by atoms with Crippen molar-refractivity contribution in [3.8, 4) is 0 Å². The van der Waals surface area contributed by atoms with E-state index in [-0.39, 0.29) is 24.7 Å². The molecule has 3 nitrogen and oxygen atoms in total. The van der Waals surface area contributed by atoms with Crippen molar-refractivity contribution in [1.82, 2.24) is 5.32 Å². The number of amides is 1. The fourth-order valence-electron chi connectivity index (χ4n) is 1.25. The molecule has 0 aromatic heterocycles. The number of benzene rings is 1. The van der Waals surface area contributed by atoms with Gasteiger partial charge >= 0.3 is 0 Å². The van der Waals surface area contributed by atoms with Crippen LogP contribution in [0.4, 0.5) is 0 Å². The third kappa shape index (κ3) is 5.91. The molecule has 6 heteroatoms. The third-order valence-electron chi connectivity index (χ3n) is 2.14. The second-order valence-electron chi connectivity index (χ2n) is 4.64. The maximum Gasteiger partial charge on any atom is 0.224 e. The first-order chi connectivity index (χ1) is 7.79. The number of carbonyl (C=O) groups is 1. The Bertz CT molecular complexity index is 396. The number of nitrogens with two attached hydrogens (primary N) is 1. The summed E-state index contributed by atoms with van der Waals surface area (Å²) in [5.41, 5.74) is 5.98. The van der Waals surface area contributed by atoms with Gasteiger partial charge in [-0.15, -0.1) is 12.4 Å². The molecule has 1 rings (SSSR count). The van der Waals surface area contributed by atoms with Crippen LogP contribution in [0.25, 0.3) is 0 Å². The molecule has 0 saturated carbocycles. The van der Waals surface area contributed by atoms with Crippen LogP contribution < -0.4 is 11.1 Å². The lowest BCUT2D eigenvalue weighted by atomic mass is 10.1. The normalized spacial score (nSPS) is 10.7. The number of rotatable bonds is 4. The predicted molar refractivity (Wildman–Crippen MR) is 78.7 cm³/mol. The molecule has 0 atom stereocenters. The van der Waals surface area contributed by atoms with Gasteiger partial charge in [-0.05, 0) is 31.5 Å². The van der Waals surface area contributed by atoms with Crippen LogP contribution in [0.3, 0.4) is 0 Å². The first-order valence-corrected chi connectivity index (χ1v) is 6.03. The highest BCUT2D eigenvalue weighted by atomic mass is 35.5. The van der Waals surface area contributed by atoms with Crippen molar-refractivity contribution >= 4 is 41.5 Å². The van der Waals surface area contributed by atoms with E-state index in [4.69, 9.17) is 28.9 Å². The molecule has 102 valence electrons. The average molecular weight is 312 g/mol. The van der Waals surface area contributed by atoms with Gasteiger partial charge in [-0.2, -0.15) is 0 Å². The van der Waals surface area contributed by atoms with Gasteiger partial charge in [-0.3, -0.25) is 4.79 Å². The van der Waals surface area contributed by atoms with E-state index < -0.39 is 5.54 Å². The monoisotopic (exact) mass is 310 g/mol. The minimum absolute atomic E-state index is 0. The molecule has 0 radical (unpaired) electrons. The van der Waals surface area contributed by atoms with Crippen molar-refractivity contribution in [2.45, 2.75) is 25.8 Å². The summed E-state index contributed by atoms with van der Waals surface area (Å²) in [7, 11) is 0. The lowest BCUT2D eigenvalue weighted by molar-refractivity contribution is -0.120. The lowest BCUT2D eigenvalue weighted by Crippen LogP contribution is -2.45. The van der Waals surface area contributed by atoms with E-state index in [2.05, 4.69) is 5.32 Å². The van der Waals surface area contributed by atoms with E-state index in [0.29, 0.717) is 22.2 Å². The van der Waals surface area contributed by atoms with Crippen LogP contribution in [0.15, 0.2) is 18.2 Å². The summed E-state index contributed by atoms with van der Waals surface area (Å²) in [6, 6.07) is 5.17. The summed E-state index contributed by atoms with van der Waals surface area (Å²) in [5.74, 6) is -0.140. The summed E-state index contributed by atoms with van der Waals surface area (Å²) in [4.78, 5) is 11.7. The standard InChI is InChI=1S/C12H16Cl2N2O.ClH/c1-12(2,15)7-16-11(17)6-8-9(13)4-3-5-10(8)14;/h3-5H,6-7,15H2,1-2H3,(H,16,17);1H. The minimum atomic E-state index is -0.431. The van der Waals surface area contributed by atoms with Gasteiger partial charge in [0.25, 0.3) is 0 Å². The third-order valence-corrected chi connectivity index (χ3v) is 2.85. The van der Waals surface area contributed by atoms with E-state index in [1.807, 2.05) is 13.8 Å². The minimum Gasteiger partial charge on any atom is -0.354 e. The van der Waals surface area contributed by atoms with Crippen molar-refractivity contribution in [2.24, 2.45) is 5.73 Å².